The Morgan fingerprint density at radius 1 is 1.07 bits per heavy atom. The Kier molecular flexibility index (Phi) is 10.1. The molecule has 0 aromatic heterocycles. The summed E-state index contributed by atoms with van der Waals surface area (Å²) in [4.78, 5) is 28.5. The quantitative estimate of drug-likeness (QED) is 0.397. The van der Waals surface area contributed by atoms with Gasteiger partial charge in [-0.25, -0.2) is 17.5 Å². The molecule has 2 amide bonds. The number of nitrogens with one attached hydrogen (secondary N) is 3. The second-order valence-corrected chi connectivity index (χ2v) is 12.1. The second kappa shape index (κ2) is 13.5. The Hall–Kier alpha value is -3.06. The number of anilines is 1. The number of carbonyl (C=O) groups is 2. The minimum absolute atomic E-state index is 0.0352. The van der Waals surface area contributed by atoms with Crippen LogP contribution in [-0.2, 0) is 19.6 Å². The van der Waals surface area contributed by atoms with Gasteiger partial charge >= 0.3 is 0 Å². The van der Waals surface area contributed by atoms with Crippen molar-refractivity contribution in [1.29, 1.82) is 0 Å². The van der Waals surface area contributed by atoms with Crippen molar-refractivity contribution in [2.75, 3.05) is 45.8 Å². The van der Waals surface area contributed by atoms with Gasteiger partial charge in [-0.2, -0.15) is 0 Å². The Labute approximate surface area is 234 Å². The third kappa shape index (κ3) is 8.00. The lowest BCUT2D eigenvalue weighted by Crippen LogP contribution is -2.46. The van der Waals surface area contributed by atoms with Crippen molar-refractivity contribution in [1.82, 2.24) is 14.9 Å². The number of sulfonamides is 1. The molecule has 10 nitrogen and oxygen atoms in total. The largest absolute Gasteiger partial charge is 0.495 e. The summed E-state index contributed by atoms with van der Waals surface area (Å²) in [5.74, 6) is -1.06. The molecule has 2 aromatic carbocycles. The number of hydrogen-bond acceptors (Lipinski definition) is 7. The third-order valence-electron chi connectivity index (χ3n) is 7.40. The SMILES string of the molecule is COc1cc(NC(=O)[C@H](CC2CCN(C)CC2)NC(=O)c2ccc(F)cc2)ccc1S(=O)(=O)NC1CCOCC1. The molecule has 12 heteroatoms. The average Bonchev–Trinajstić information content (AvgIpc) is 2.94. The van der Waals surface area contributed by atoms with Crippen LogP contribution in [0.15, 0.2) is 47.4 Å². The number of halogens is 1. The first-order valence-electron chi connectivity index (χ1n) is 13.5. The highest BCUT2D eigenvalue weighted by molar-refractivity contribution is 7.89. The normalized spacial score (nSPS) is 18.2. The predicted molar refractivity (Wildman–Crippen MR) is 148 cm³/mol. The molecule has 2 aromatic rings. The smallest absolute Gasteiger partial charge is 0.251 e. The van der Waals surface area contributed by atoms with Crippen molar-refractivity contribution in [2.45, 2.75) is 49.1 Å². The summed E-state index contributed by atoms with van der Waals surface area (Å²) in [6, 6.07) is 8.38. The van der Waals surface area contributed by atoms with Crippen molar-refractivity contribution in [3.63, 3.8) is 0 Å². The summed E-state index contributed by atoms with van der Waals surface area (Å²) in [7, 11) is -0.458. The first-order valence-corrected chi connectivity index (χ1v) is 15.0. The summed E-state index contributed by atoms with van der Waals surface area (Å²) in [6.45, 7) is 2.79. The molecule has 3 N–H and O–H groups in total. The number of nitrogens with zero attached hydrogens (tertiary/aromatic N) is 1. The Morgan fingerprint density at radius 2 is 1.75 bits per heavy atom. The summed E-state index contributed by atoms with van der Waals surface area (Å²) in [5, 5.41) is 5.61. The second-order valence-electron chi connectivity index (χ2n) is 10.4. The van der Waals surface area contributed by atoms with Gasteiger partial charge in [-0.3, -0.25) is 9.59 Å². The maximum atomic E-state index is 13.4. The lowest BCUT2D eigenvalue weighted by Gasteiger charge is -2.31. The molecular formula is C28H37FN4O6S. The van der Waals surface area contributed by atoms with Gasteiger partial charge in [0, 0.05) is 36.6 Å². The van der Waals surface area contributed by atoms with Crippen LogP contribution < -0.4 is 20.1 Å². The number of methoxy groups -OCH3 is 1. The van der Waals surface area contributed by atoms with E-state index in [1.165, 1.54) is 49.6 Å². The summed E-state index contributed by atoms with van der Waals surface area (Å²) >= 11 is 0. The third-order valence-corrected chi connectivity index (χ3v) is 8.96. The zero-order chi connectivity index (χ0) is 28.7. The van der Waals surface area contributed by atoms with Crippen molar-refractivity contribution < 1.29 is 31.9 Å². The molecule has 0 saturated carbocycles. The molecule has 2 aliphatic rings. The zero-order valence-electron chi connectivity index (χ0n) is 22.8. The first kappa shape index (κ1) is 29.9. The number of hydrogen-bond donors (Lipinski definition) is 3. The van der Waals surface area contributed by atoms with E-state index in [0.29, 0.717) is 38.2 Å². The maximum Gasteiger partial charge on any atom is 0.251 e. The number of benzene rings is 2. The van der Waals surface area contributed by atoms with Crippen LogP contribution in [0.25, 0.3) is 0 Å². The van der Waals surface area contributed by atoms with Crippen LogP contribution in [0.4, 0.5) is 10.1 Å². The molecule has 4 rings (SSSR count). The van der Waals surface area contributed by atoms with Crippen LogP contribution in [0.2, 0.25) is 0 Å². The van der Waals surface area contributed by atoms with Gasteiger partial charge in [0.15, 0.2) is 0 Å². The van der Waals surface area contributed by atoms with E-state index < -0.39 is 33.7 Å². The van der Waals surface area contributed by atoms with E-state index in [2.05, 4.69) is 20.3 Å². The van der Waals surface area contributed by atoms with E-state index >= 15 is 0 Å². The van der Waals surface area contributed by atoms with Gasteiger partial charge in [0.25, 0.3) is 5.91 Å². The van der Waals surface area contributed by atoms with E-state index in [4.69, 9.17) is 9.47 Å². The molecule has 0 radical (unpaired) electrons. The fraction of sp³-hybridized carbons (Fsp3) is 0.500. The van der Waals surface area contributed by atoms with Crippen LogP contribution in [-0.4, -0.2) is 77.7 Å². The van der Waals surface area contributed by atoms with Gasteiger partial charge in [0.05, 0.1) is 7.11 Å². The summed E-state index contributed by atoms with van der Waals surface area (Å²) in [6.07, 6.45) is 3.39. The molecule has 0 bridgehead atoms. The first-order chi connectivity index (χ1) is 19.1. The molecule has 1 atom stereocenters. The van der Waals surface area contributed by atoms with Crippen LogP contribution in [0.5, 0.6) is 5.75 Å². The van der Waals surface area contributed by atoms with Gasteiger partial charge in [-0.05, 0) is 94.6 Å². The molecule has 2 aliphatic heterocycles. The Balaban J connectivity index is 1.49. The highest BCUT2D eigenvalue weighted by Gasteiger charge is 2.29. The van der Waals surface area contributed by atoms with Gasteiger partial charge in [0.2, 0.25) is 15.9 Å². The molecule has 2 saturated heterocycles. The fourth-order valence-electron chi connectivity index (χ4n) is 5.00. The highest BCUT2D eigenvalue weighted by Crippen LogP contribution is 2.29. The number of carbonyl (C=O) groups excluding carboxylic acids is 2. The van der Waals surface area contributed by atoms with Crippen molar-refractivity contribution >= 4 is 27.5 Å². The van der Waals surface area contributed by atoms with Crippen LogP contribution in [0.3, 0.4) is 0 Å². The van der Waals surface area contributed by atoms with Crippen molar-refractivity contribution in [2.24, 2.45) is 5.92 Å². The Morgan fingerprint density at radius 3 is 2.40 bits per heavy atom. The highest BCUT2D eigenvalue weighted by atomic mass is 32.2. The molecule has 218 valence electrons. The van der Waals surface area contributed by atoms with E-state index in [1.54, 1.807) is 0 Å². The van der Waals surface area contributed by atoms with Crippen LogP contribution in [0.1, 0.15) is 42.5 Å². The van der Waals surface area contributed by atoms with Gasteiger partial charge in [-0.1, -0.05) is 0 Å². The fourth-order valence-corrected chi connectivity index (χ4v) is 6.46. The summed E-state index contributed by atoms with van der Waals surface area (Å²) < 4.78 is 52.8. The van der Waals surface area contributed by atoms with Crippen molar-refractivity contribution in [3.05, 3.63) is 53.8 Å². The maximum absolute atomic E-state index is 13.4. The number of ether oxygens (including phenoxy) is 2. The summed E-state index contributed by atoms with van der Waals surface area (Å²) in [5.41, 5.74) is 0.576. The van der Waals surface area contributed by atoms with Gasteiger partial charge in [-0.15, -0.1) is 0 Å². The van der Waals surface area contributed by atoms with E-state index in [1.807, 2.05) is 7.05 Å². The molecule has 0 unspecified atom stereocenters. The minimum atomic E-state index is -3.87. The molecular weight excluding hydrogens is 539 g/mol. The lowest BCUT2D eigenvalue weighted by atomic mass is 9.90. The van der Waals surface area contributed by atoms with Gasteiger partial charge < -0.3 is 25.0 Å². The average molecular weight is 577 g/mol. The molecule has 0 spiro atoms. The topological polar surface area (TPSA) is 126 Å². The molecule has 2 heterocycles. The number of amides is 2. The van der Waals surface area contributed by atoms with E-state index in [9.17, 15) is 22.4 Å². The van der Waals surface area contributed by atoms with E-state index in [-0.39, 0.29) is 28.2 Å². The molecule has 0 aliphatic carbocycles. The van der Waals surface area contributed by atoms with Crippen LogP contribution in [0, 0.1) is 11.7 Å². The van der Waals surface area contributed by atoms with Crippen LogP contribution >= 0.6 is 0 Å². The van der Waals surface area contributed by atoms with Gasteiger partial charge in [0.1, 0.15) is 22.5 Å². The van der Waals surface area contributed by atoms with E-state index in [0.717, 1.165) is 25.9 Å². The number of rotatable bonds is 10. The number of likely N-dealkylation sites (tertiary alicyclic amines) is 1. The lowest BCUT2D eigenvalue weighted by molar-refractivity contribution is -0.118. The minimum Gasteiger partial charge on any atom is -0.495 e. The Bertz CT molecular complexity index is 1280. The standard InChI is InChI=1S/C28H37FN4O6S/c1-33-13-9-19(10-14-33)17-24(31-27(34)20-3-5-21(29)6-4-20)28(35)30-23-7-8-26(25(18-23)38-2)40(36,37)32-22-11-15-39-16-12-22/h3-8,18-19,22,24,32H,9-17H2,1-2H3,(H,30,35)(H,31,34)/t24-/m0/s1. The molecule has 2 fully saturated rings. The predicted octanol–water partition coefficient (Wildman–Crippen LogP) is 2.76. The zero-order valence-corrected chi connectivity index (χ0v) is 23.6. The number of piperidine rings is 1. The monoisotopic (exact) mass is 576 g/mol. The molecule has 40 heavy (non-hydrogen) atoms. The van der Waals surface area contributed by atoms with Crippen molar-refractivity contribution in [3.8, 4) is 5.75 Å².